The number of rotatable bonds is 7. The van der Waals surface area contributed by atoms with Crippen LogP contribution in [0.15, 0.2) is 18.2 Å². The molecule has 21 heavy (non-hydrogen) atoms. The Labute approximate surface area is 127 Å². The van der Waals surface area contributed by atoms with Gasteiger partial charge in [-0.2, -0.15) is 0 Å². The molecule has 1 aliphatic rings. The predicted molar refractivity (Wildman–Crippen MR) is 84.2 cm³/mol. The molecule has 0 bridgehead atoms. The molecule has 0 spiro atoms. The monoisotopic (exact) mass is 293 g/mol. The molecule has 0 aliphatic carbocycles. The molecule has 0 aromatic heterocycles. The molecular formula is C17H27NO3. The Morgan fingerprint density at radius 1 is 1.33 bits per heavy atom. The van der Waals surface area contributed by atoms with Crippen molar-refractivity contribution < 1.29 is 14.2 Å². The van der Waals surface area contributed by atoms with Crippen molar-refractivity contribution in [3.63, 3.8) is 0 Å². The zero-order chi connectivity index (χ0) is 15.3. The van der Waals surface area contributed by atoms with E-state index >= 15 is 0 Å². The van der Waals surface area contributed by atoms with Gasteiger partial charge in [0.15, 0.2) is 0 Å². The predicted octanol–water partition coefficient (Wildman–Crippen LogP) is 3.31. The third kappa shape index (κ3) is 4.35. The Kier molecular flexibility index (Phi) is 5.48. The van der Waals surface area contributed by atoms with Gasteiger partial charge in [0, 0.05) is 31.2 Å². The lowest BCUT2D eigenvalue weighted by Gasteiger charge is -2.38. The Morgan fingerprint density at radius 2 is 2.14 bits per heavy atom. The van der Waals surface area contributed by atoms with Gasteiger partial charge in [-0.05, 0) is 32.9 Å². The zero-order valence-electron chi connectivity index (χ0n) is 13.6. The molecule has 0 saturated heterocycles. The van der Waals surface area contributed by atoms with E-state index in [-0.39, 0.29) is 5.60 Å². The van der Waals surface area contributed by atoms with Crippen molar-refractivity contribution in [2.75, 3.05) is 26.9 Å². The van der Waals surface area contributed by atoms with Crippen LogP contribution < -0.4 is 14.8 Å². The fourth-order valence-electron chi connectivity index (χ4n) is 2.67. The van der Waals surface area contributed by atoms with E-state index in [0.29, 0.717) is 19.3 Å². The first-order valence-corrected chi connectivity index (χ1v) is 7.74. The smallest absolute Gasteiger partial charge is 0.128 e. The topological polar surface area (TPSA) is 39.7 Å². The summed E-state index contributed by atoms with van der Waals surface area (Å²) >= 11 is 0. The van der Waals surface area contributed by atoms with Crippen molar-refractivity contribution in [1.82, 2.24) is 5.32 Å². The molecule has 1 heterocycles. The summed E-state index contributed by atoms with van der Waals surface area (Å²) in [6.07, 6.45) is 2.11. The molecule has 1 atom stereocenters. The third-order valence-corrected chi connectivity index (χ3v) is 3.64. The van der Waals surface area contributed by atoms with Gasteiger partial charge in [0.1, 0.15) is 23.7 Å². The number of hydrogen-bond acceptors (Lipinski definition) is 4. The number of methoxy groups -OCH3 is 1. The van der Waals surface area contributed by atoms with Gasteiger partial charge in [-0.25, -0.2) is 0 Å². The van der Waals surface area contributed by atoms with Crippen molar-refractivity contribution in [3.8, 4) is 11.5 Å². The lowest BCUT2D eigenvalue weighted by Crippen LogP contribution is -2.39. The van der Waals surface area contributed by atoms with Gasteiger partial charge in [-0.15, -0.1) is 0 Å². The van der Waals surface area contributed by atoms with Gasteiger partial charge in [0.05, 0.1) is 6.61 Å². The molecule has 0 fully saturated rings. The maximum atomic E-state index is 6.13. The Balaban J connectivity index is 2.15. The Hall–Kier alpha value is -1.26. The van der Waals surface area contributed by atoms with Gasteiger partial charge in [0.2, 0.25) is 0 Å². The maximum absolute atomic E-state index is 6.13. The first kappa shape index (κ1) is 16.1. The fraction of sp³-hybridized carbons (Fsp3) is 0.647. The number of benzene rings is 1. The molecule has 1 aliphatic heterocycles. The van der Waals surface area contributed by atoms with Crippen LogP contribution in [0.4, 0.5) is 0 Å². The quantitative estimate of drug-likeness (QED) is 0.783. The standard InChI is InChI=1S/C17H27NO3/c1-5-8-18-15-12-17(2,3)21-16-11-13(6-7-14(15)16)20-10-9-19-4/h6-7,11,15,18H,5,8-10,12H2,1-4H3. The number of ether oxygens (including phenoxy) is 3. The van der Waals surface area contributed by atoms with Gasteiger partial charge in [0.25, 0.3) is 0 Å². The second-order valence-electron chi connectivity index (χ2n) is 6.11. The highest BCUT2D eigenvalue weighted by atomic mass is 16.5. The number of nitrogens with one attached hydrogen (secondary N) is 1. The molecule has 0 amide bonds. The van der Waals surface area contributed by atoms with E-state index in [0.717, 1.165) is 30.9 Å². The van der Waals surface area contributed by atoms with Crippen LogP contribution in [0.3, 0.4) is 0 Å². The molecule has 4 heteroatoms. The lowest BCUT2D eigenvalue weighted by molar-refractivity contribution is 0.0655. The van der Waals surface area contributed by atoms with E-state index in [1.807, 2.05) is 12.1 Å². The summed E-state index contributed by atoms with van der Waals surface area (Å²) < 4.78 is 16.8. The van der Waals surface area contributed by atoms with Crippen LogP contribution in [0.5, 0.6) is 11.5 Å². The van der Waals surface area contributed by atoms with E-state index in [1.54, 1.807) is 7.11 Å². The SMILES string of the molecule is CCCNC1CC(C)(C)Oc2cc(OCCOC)ccc21. The summed E-state index contributed by atoms with van der Waals surface area (Å²) in [4.78, 5) is 0. The van der Waals surface area contributed by atoms with E-state index in [4.69, 9.17) is 14.2 Å². The number of fused-ring (bicyclic) bond motifs is 1. The van der Waals surface area contributed by atoms with E-state index in [2.05, 4.69) is 32.2 Å². The lowest BCUT2D eigenvalue weighted by atomic mass is 9.89. The molecule has 0 radical (unpaired) electrons. The van der Waals surface area contributed by atoms with Crippen LogP contribution in [-0.2, 0) is 4.74 Å². The van der Waals surface area contributed by atoms with Crippen LogP contribution in [0, 0.1) is 0 Å². The first-order chi connectivity index (χ1) is 10.1. The largest absolute Gasteiger partial charge is 0.491 e. The summed E-state index contributed by atoms with van der Waals surface area (Å²) in [7, 11) is 1.67. The van der Waals surface area contributed by atoms with Crippen LogP contribution in [-0.4, -0.2) is 32.5 Å². The van der Waals surface area contributed by atoms with Crippen molar-refractivity contribution in [2.24, 2.45) is 0 Å². The van der Waals surface area contributed by atoms with Crippen LogP contribution >= 0.6 is 0 Å². The minimum atomic E-state index is -0.163. The zero-order valence-corrected chi connectivity index (χ0v) is 13.6. The van der Waals surface area contributed by atoms with Gasteiger partial charge >= 0.3 is 0 Å². The summed E-state index contributed by atoms with van der Waals surface area (Å²) in [5.74, 6) is 1.76. The molecule has 1 N–H and O–H groups in total. The number of hydrogen-bond donors (Lipinski definition) is 1. The van der Waals surface area contributed by atoms with E-state index < -0.39 is 0 Å². The highest BCUT2D eigenvalue weighted by Gasteiger charge is 2.33. The van der Waals surface area contributed by atoms with Crippen LogP contribution in [0.2, 0.25) is 0 Å². The van der Waals surface area contributed by atoms with Crippen molar-refractivity contribution >= 4 is 0 Å². The van der Waals surface area contributed by atoms with Crippen molar-refractivity contribution in [3.05, 3.63) is 23.8 Å². The molecule has 1 unspecified atom stereocenters. The van der Waals surface area contributed by atoms with Gasteiger partial charge in [-0.1, -0.05) is 13.0 Å². The van der Waals surface area contributed by atoms with Crippen LogP contribution in [0.1, 0.15) is 45.2 Å². The summed E-state index contributed by atoms with van der Waals surface area (Å²) in [5, 5.41) is 3.61. The Bertz CT molecular complexity index is 459. The summed E-state index contributed by atoms with van der Waals surface area (Å²) in [6, 6.07) is 6.46. The summed E-state index contributed by atoms with van der Waals surface area (Å²) in [5.41, 5.74) is 1.06. The fourth-order valence-corrected chi connectivity index (χ4v) is 2.67. The highest BCUT2D eigenvalue weighted by Crippen LogP contribution is 2.41. The molecular weight excluding hydrogens is 266 g/mol. The average Bonchev–Trinajstić information content (AvgIpc) is 2.43. The first-order valence-electron chi connectivity index (χ1n) is 7.74. The van der Waals surface area contributed by atoms with E-state index in [1.165, 1.54) is 5.56 Å². The molecule has 2 rings (SSSR count). The third-order valence-electron chi connectivity index (χ3n) is 3.64. The second-order valence-corrected chi connectivity index (χ2v) is 6.11. The molecule has 4 nitrogen and oxygen atoms in total. The highest BCUT2D eigenvalue weighted by molar-refractivity contribution is 5.44. The van der Waals surface area contributed by atoms with Gasteiger partial charge < -0.3 is 19.5 Å². The van der Waals surface area contributed by atoms with Crippen molar-refractivity contribution in [2.45, 2.75) is 45.3 Å². The minimum Gasteiger partial charge on any atom is -0.491 e. The second kappa shape index (κ2) is 7.14. The van der Waals surface area contributed by atoms with E-state index in [9.17, 15) is 0 Å². The van der Waals surface area contributed by atoms with Gasteiger partial charge in [-0.3, -0.25) is 0 Å². The normalized spacial score (nSPS) is 19.7. The Morgan fingerprint density at radius 3 is 2.86 bits per heavy atom. The minimum absolute atomic E-state index is 0.163. The van der Waals surface area contributed by atoms with Crippen molar-refractivity contribution in [1.29, 1.82) is 0 Å². The summed E-state index contributed by atoms with van der Waals surface area (Å²) in [6.45, 7) is 8.61. The van der Waals surface area contributed by atoms with Crippen LogP contribution in [0.25, 0.3) is 0 Å². The maximum Gasteiger partial charge on any atom is 0.128 e. The molecule has 118 valence electrons. The average molecular weight is 293 g/mol. The molecule has 0 saturated carbocycles. The molecule has 1 aromatic rings. The molecule has 1 aromatic carbocycles.